The molecule has 1 amide bonds. The normalized spacial score (nSPS) is 16.2. The lowest BCUT2D eigenvalue weighted by Gasteiger charge is -2.37. The van der Waals surface area contributed by atoms with E-state index in [0.29, 0.717) is 31.7 Å². The molecular formula is C21H22FN3O. The molecule has 0 aromatic heterocycles. The highest BCUT2D eigenvalue weighted by molar-refractivity contribution is 5.94. The number of carbonyl (C=O) groups excluding carboxylic acids is 1. The standard InChI is InChI=1S/C21H22FN3O/c1-15-11-16(2)13-18(12-15)21(26)25-9-7-24(8-10-25)20(14-23)17-3-5-19(22)6-4-17/h3-6,11-13,20H,7-10H2,1-2H3/t20-/m1/s1. The smallest absolute Gasteiger partial charge is 0.253 e. The number of carbonyl (C=O) groups is 1. The Bertz CT molecular complexity index is 813. The van der Waals surface area contributed by atoms with Crippen LogP contribution in [0, 0.1) is 31.0 Å². The summed E-state index contributed by atoms with van der Waals surface area (Å²) in [5.74, 6) is -0.277. The number of benzene rings is 2. The number of halogens is 1. The lowest BCUT2D eigenvalue weighted by Crippen LogP contribution is -2.49. The van der Waals surface area contributed by atoms with Crippen LogP contribution in [0.15, 0.2) is 42.5 Å². The lowest BCUT2D eigenvalue weighted by atomic mass is 10.0. The van der Waals surface area contributed by atoms with Crippen LogP contribution in [0.4, 0.5) is 4.39 Å². The van der Waals surface area contributed by atoms with E-state index in [-0.39, 0.29) is 11.7 Å². The summed E-state index contributed by atoms with van der Waals surface area (Å²) in [6.07, 6.45) is 0. The SMILES string of the molecule is Cc1cc(C)cc(C(=O)N2CCN([C@H](C#N)c3ccc(F)cc3)CC2)c1. The Balaban J connectivity index is 1.67. The third-order valence-corrected chi connectivity index (χ3v) is 4.74. The van der Waals surface area contributed by atoms with E-state index in [1.807, 2.05) is 35.8 Å². The van der Waals surface area contributed by atoms with Crippen LogP contribution in [-0.2, 0) is 0 Å². The third kappa shape index (κ3) is 3.92. The van der Waals surface area contributed by atoms with Crippen molar-refractivity contribution < 1.29 is 9.18 Å². The van der Waals surface area contributed by atoms with Gasteiger partial charge in [0.1, 0.15) is 11.9 Å². The van der Waals surface area contributed by atoms with Gasteiger partial charge >= 0.3 is 0 Å². The second-order valence-electron chi connectivity index (χ2n) is 6.79. The summed E-state index contributed by atoms with van der Waals surface area (Å²) in [5.41, 5.74) is 3.65. The third-order valence-electron chi connectivity index (χ3n) is 4.74. The second-order valence-corrected chi connectivity index (χ2v) is 6.79. The molecule has 1 heterocycles. The van der Waals surface area contributed by atoms with Gasteiger partial charge in [0.25, 0.3) is 5.91 Å². The average molecular weight is 351 g/mol. The molecular weight excluding hydrogens is 329 g/mol. The van der Waals surface area contributed by atoms with E-state index in [2.05, 4.69) is 12.1 Å². The van der Waals surface area contributed by atoms with Gasteiger partial charge in [0.2, 0.25) is 0 Å². The Morgan fingerprint density at radius 1 is 1.04 bits per heavy atom. The minimum absolute atomic E-state index is 0.0340. The average Bonchev–Trinajstić information content (AvgIpc) is 2.63. The predicted octanol–water partition coefficient (Wildman–Crippen LogP) is 3.47. The number of hydrogen-bond donors (Lipinski definition) is 0. The molecule has 3 rings (SSSR count). The van der Waals surface area contributed by atoms with Gasteiger partial charge in [-0.2, -0.15) is 5.26 Å². The van der Waals surface area contributed by atoms with Crippen LogP contribution in [-0.4, -0.2) is 41.9 Å². The van der Waals surface area contributed by atoms with Crippen molar-refractivity contribution in [2.75, 3.05) is 26.2 Å². The molecule has 5 heteroatoms. The van der Waals surface area contributed by atoms with Crippen molar-refractivity contribution >= 4 is 5.91 Å². The van der Waals surface area contributed by atoms with Gasteiger partial charge in [-0.15, -0.1) is 0 Å². The molecule has 1 fully saturated rings. The van der Waals surface area contributed by atoms with Crippen LogP contribution >= 0.6 is 0 Å². The molecule has 134 valence electrons. The monoisotopic (exact) mass is 351 g/mol. The summed E-state index contributed by atoms with van der Waals surface area (Å²) in [4.78, 5) is 16.6. The predicted molar refractivity (Wildman–Crippen MR) is 98.1 cm³/mol. The van der Waals surface area contributed by atoms with Crippen molar-refractivity contribution in [2.45, 2.75) is 19.9 Å². The van der Waals surface area contributed by atoms with Crippen molar-refractivity contribution in [3.05, 3.63) is 70.5 Å². The van der Waals surface area contributed by atoms with Crippen LogP contribution in [0.25, 0.3) is 0 Å². The largest absolute Gasteiger partial charge is 0.336 e. The number of rotatable bonds is 3. The molecule has 0 aliphatic carbocycles. The van der Waals surface area contributed by atoms with Crippen molar-refractivity contribution in [2.24, 2.45) is 0 Å². The van der Waals surface area contributed by atoms with Crippen LogP contribution in [0.1, 0.15) is 33.1 Å². The topological polar surface area (TPSA) is 47.3 Å². The first-order valence-corrected chi connectivity index (χ1v) is 8.74. The summed E-state index contributed by atoms with van der Waals surface area (Å²) >= 11 is 0. The van der Waals surface area contributed by atoms with Crippen LogP contribution in [0.5, 0.6) is 0 Å². The molecule has 1 saturated heterocycles. The van der Waals surface area contributed by atoms with Crippen molar-refractivity contribution in [1.29, 1.82) is 5.26 Å². The van der Waals surface area contributed by atoms with Gasteiger partial charge < -0.3 is 4.90 Å². The van der Waals surface area contributed by atoms with E-state index < -0.39 is 6.04 Å². The first-order chi connectivity index (χ1) is 12.5. The van der Waals surface area contributed by atoms with Gasteiger partial charge in [0, 0.05) is 31.7 Å². The molecule has 0 spiro atoms. The van der Waals surface area contributed by atoms with Crippen LogP contribution < -0.4 is 0 Å². The van der Waals surface area contributed by atoms with Gasteiger partial charge in [0.05, 0.1) is 6.07 Å². The van der Waals surface area contributed by atoms with E-state index in [0.717, 1.165) is 16.7 Å². The Labute approximate surface area is 153 Å². The molecule has 26 heavy (non-hydrogen) atoms. The molecule has 0 bridgehead atoms. The number of nitrogens with zero attached hydrogens (tertiary/aromatic N) is 3. The zero-order chi connectivity index (χ0) is 18.7. The summed E-state index contributed by atoms with van der Waals surface area (Å²) in [7, 11) is 0. The summed E-state index contributed by atoms with van der Waals surface area (Å²) in [5, 5.41) is 9.55. The van der Waals surface area contributed by atoms with Gasteiger partial charge in [-0.05, 0) is 43.7 Å². The number of piperazine rings is 1. The Morgan fingerprint density at radius 3 is 2.15 bits per heavy atom. The van der Waals surface area contributed by atoms with E-state index in [1.165, 1.54) is 12.1 Å². The maximum atomic E-state index is 13.1. The maximum Gasteiger partial charge on any atom is 0.253 e. The molecule has 2 aromatic carbocycles. The second kappa shape index (κ2) is 7.67. The summed E-state index contributed by atoms with van der Waals surface area (Å²) in [6, 6.07) is 13.8. The van der Waals surface area contributed by atoms with Gasteiger partial charge in [-0.3, -0.25) is 9.69 Å². The van der Waals surface area contributed by atoms with Crippen LogP contribution in [0.2, 0.25) is 0 Å². The molecule has 1 aliphatic heterocycles. The highest BCUT2D eigenvalue weighted by Gasteiger charge is 2.27. The maximum absolute atomic E-state index is 13.1. The Kier molecular flexibility index (Phi) is 5.34. The molecule has 0 saturated carbocycles. The molecule has 1 atom stereocenters. The number of aryl methyl sites for hydroxylation is 2. The number of hydrogen-bond acceptors (Lipinski definition) is 3. The highest BCUT2D eigenvalue weighted by Crippen LogP contribution is 2.22. The molecule has 0 unspecified atom stereocenters. The van der Waals surface area contributed by atoms with Crippen molar-refractivity contribution in [3.8, 4) is 6.07 Å². The fourth-order valence-corrected chi connectivity index (χ4v) is 3.48. The zero-order valence-corrected chi connectivity index (χ0v) is 15.1. The Morgan fingerprint density at radius 2 is 1.62 bits per heavy atom. The molecule has 0 radical (unpaired) electrons. The summed E-state index contributed by atoms with van der Waals surface area (Å²) < 4.78 is 13.1. The highest BCUT2D eigenvalue weighted by atomic mass is 19.1. The van der Waals surface area contributed by atoms with Crippen LogP contribution in [0.3, 0.4) is 0 Å². The van der Waals surface area contributed by atoms with E-state index >= 15 is 0 Å². The Hall–Kier alpha value is -2.71. The zero-order valence-electron chi connectivity index (χ0n) is 15.1. The lowest BCUT2D eigenvalue weighted by molar-refractivity contribution is 0.0606. The fourth-order valence-electron chi connectivity index (χ4n) is 3.48. The minimum Gasteiger partial charge on any atom is -0.336 e. The summed E-state index contributed by atoms with van der Waals surface area (Å²) in [6.45, 7) is 6.36. The quantitative estimate of drug-likeness (QED) is 0.851. The minimum atomic E-state index is -0.422. The van der Waals surface area contributed by atoms with Crippen molar-refractivity contribution in [1.82, 2.24) is 9.80 Å². The molecule has 4 nitrogen and oxygen atoms in total. The first kappa shape index (κ1) is 18.1. The van der Waals surface area contributed by atoms with E-state index in [9.17, 15) is 14.4 Å². The van der Waals surface area contributed by atoms with Gasteiger partial charge in [0.15, 0.2) is 0 Å². The molecule has 0 N–H and O–H groups in total. The van der Waals surface area contributed by atoms with E-state index in [4.69, 9.17) is 0 Å². The van der Waals surface area contributed by atoms with Gasteiger partial charge in [-0.1, -0.05) is 29.3 Å². The first-order valence-electron chi connectivity index (χ1n) is 8.74. The van der Waals surface area contributed by atoms with Gasteiger partial charge in [-0.25, -0.2) is 4.39 Å². The fraction of sp³-hybridized carbons (Fsp3) is 0.333. The van der Waals surface area contributed by atoms with E-state index in [1.54, 1.807) is 12.1 Å². The van der Waals surface area contributed by atoms with Crippen molar-refractivity contribution in [3.63, 3.8) is 0 Å². The molecule has 1 aliphatic rings. The number of nitriles is 1. The molecule has 2 aromatic rings. The number of amides is 1.